The van der Waals surface area contributed by atoms with Gasteiger partial charge in [-0.2, -0.15) is 0 Å². The Morgan fingerprint density at radius 1 is 1.18 bits per heavy atom. The van der Waals surface area contributed by atoms with Crippen LogP contribution >= 0.6 is 0 Å². The van der Waals surface area contributed by atoms with Crippen LogP contribution in [0.25, 0.3) is 0 Å². The molecule has 1 fully saturated rings. The van der Waals surface area contributed by atoms with Gasteiger partial charge in [0, 0.05) is 38.4 Å². The van der Waals surface area contributed by atoms with E-state index >= 15 is 0 Å². The second-order valence-electron chi connectivity index (χ2n) is 5.67. The van der Waals surface area contributed by atoms with Crippen LogP contribution in [0.1, 0.15) is 29.6 Å². The average molecular weight is 307 g/mol. The van der Waals surface area contributed by atoms with E-state index in [4.69, 9.17) is 14.2 Å². The largest absolute Gasteiger partial charge is 0.497 e. The maximum Gasteiger partial charge on any atom is 0.253 e. The summed E-state index contributed by atoms with van der Waals surface area (Å²) in [6.45, 7) is 2.44. The maximum absolute atomic E-state index is 12.5. The molecule has 1 aliphatic heterocycles. The fourth-order valence-electron chi connectivity index (χ4n) is 2.66. The van der Waals surface area contributed by atoms with E-state index in [1.165, 1.54) is 0 Å². The van der Waals surface area contributed by atoms with Crippen molar-refractivity contribution >= 4 is 5.91 Å². The van der Waals surface area contributed by atoms with Gasteiger partial charge in [-0.15, -0.1) is 0 Å². The maximum atomic E-state index is 12.5. The summed E-state index contributed by atoms with van der Waals surface area (Å²) < 4.78 is 15.8. The van der Waals surface area contributed by atoms with E-state index in [0.29, 0.717) is 23.0 Å². The molecule has 2 rings (SSSR count). The van der Waals surface area contributed by atoms with Crippen molar-refractivity contribution in [1.82, 2.24) is 4.90 Å². The lowest BCUT2D eigenvalue weighted by Crippen LogP contribution is -2.30. The van der Waals surface area contributed by atoms with Crippen LogP contribution in [0.15, 0.2) is 18.2 Å². The van der Waals surface area contributed by atoms with Gasteiger partial charge in [0.2, 0.25) is 0 Å². The van der Waals surface area contributed by atoms with Gasteiger partial charge in [-0.3, -0.25) is 4.79 Å². The zero-order chi connectivity index (χ0) is 15.9. The Bertz CT molecular complexity index is 475. The number of hydrogen-bond acceptors (Lipinski definition) is 4. The van der Waals surface area contributed by atoms with Crippen molar-refractivity contribution < 1.29 is 19.0 Å². The van der Waals surface area contributed by atoms with Crippen LogP contribution in [0.4, 0.5) is 0 Å². The molecule has 1 aromatic rings. The van der Waals surface area contributed by atoms with E-state index in [9.17, 15) is 4.79 Å². The Hall–Kier alpha value is -1.75. The van der Waals surface area contributed by atoms with Gasteiger partial charge in [-0.25, -0.2) is 0 Å². The molecule has 0 atom stereocenters. The van der Waals surface area contributed by atoms with E-state index in [0.717, 1.165) is 39.0 Å². The summed E-state index contributed by atoms with van der Waals surface area (Å²) in [4.78, 5) is 14.3. The summed E-state index contributed by atoms with van der Waals surface area (Å²) in [7, 11) is 5.00. The molecule has 1 amide bonds. The molecular formula is C17H25NO4. The topological polar surface area (TPSA) is 48.0 Å². The number of benzene rings is 1. The SMILES string of the molecule is COc1cc(OC)cc(C(=O)N(C)CCC2CCOCC2)c1. The predicted molar refractivity (Wildman–Crippen MR) is 84.7 cm³/mol. The molecule has 5 heteroatoms. The summed E-state index contributed by atoms with van der Waals surface area (Å²) in [6.07, 6.45) is 3.21. The molecule has 5 nitrogen and oxygen atoms in total. The molecule has 22 heavy (non-hydrogen) atoms. The van der Waals surface area contributed by atoms with Crippen molar-refractivity contribution in [3.8, 4) is 11.5 Å². The highest BCUT2D eigenvalue weighted by atomic mass is 16.5. The molecule has 1 aromatic carbocycles. The minimum absolute atomic E-state index is 0.00994. The first-order valence-electron chi connectivity index (χ1n) is 7.70. The van der Waals surface area contributed by atoms with Crippen molar-refractivity contribution in [2.45, 2.75) is 19.3 Å². The lowest BCUT2D eigenvalue weighted by Gasteiger charge is -2.25. The predicted octanol–water partition coefficient (Wildman–Crippen LogP) is 2.59. The molecule has 1 aliphatic rings. The molecule has 0 N–H and O–H groups in total. The molecule has 0 bridgehead atoms. The van der Waals surface area contributed by atoms with Crippen LogP contribution in [-0.2, 0) is 4.74 Å². The van der Waals surface area contributed by atoms with Gasteiger partial charge in [0.15, 0.2) is 0 Å². The summed E-state index contributed by atoms with van der Waals surface area (Å²) in [6, 6.07) is 5.25. The minimum atomic E-state index is -0.00994. The van der Waals surface area contributed by atoms with E-state index in [1.807, 2.05) is 7.05 Å². The number of rotatable bonds is 6. The highest BCUT2D eigenvalue weighted by Gasteiger charge is 2.18. The number of methoxy groups -OCH3 is 2. The van der Waals surface area contributed by atoms with Crippen LogP contribution in [0.5, 0.6) is 11.5 Å². The van der Waals surface area contributed by atoms with Crippen LogP contribution < -0.4 is 9.47 Å². The molecule has 0 aliphatic carbocycles. The van der Waals surface area contributed by atoms with Gasteiger partial charge in [0.25, 0.3) is 5.91 Å². The number of hydrogen-bond donors (Lipinski definition) is 0. The van der Waals surface area contributed by atoms with Crippen LogP contribution in [0.3, 0.4) is 0 Å². The number of carbonyl (C=O) groups excluding carboxylic acids is 1. The van der Waals surface area contributed by atoms with Gasteiger partial charge < -0.3 is 19.1 Å². The Balaban J connectivity index is 1.97. The molecule has 0 saturated carbocycles. The zero-order valence-corrected chi connectivity index (χ0v) is 13.6. The Kier molecular flexibility index (Phi) is 6.07. The fourth-order valence-corrected chi connectivity index (χ4v) is 2.66. The highest BCUT2D eigenvalue weighted by molar-refractivity contribution is 5.94. The van der Waals surface area contributed by atoms with E-state index in [1.54, 1.807) is 37.3 Å². The van der Waals surface area contributed by atoms with Gasteiger partial charge in [-0.05, 0) is 37.3 Å². The molecule has 1 saturated heterocycles. The zero-order valence-electron chi connectivity index (χ0n) is 13.6. The van der Waals surface area contributed by atoms with Crippen LogP contribution in [0.2, 0.25) is 0 Å². The number of amides is 1. The summed E-state index contributed by atoms with van der Waals surface area (Å²) in [5, 5.41) is 0. The fraction of sp³-hybridized carbons (Fsp3) is 0.588. The lowest BCUT2D eigenvalue weighted by atomic mass is 9.96. The monoisotopic (exact) mass is 307 g/mol. The van der Waals surface area contributed by atoms with Crippen LogP contribution in [0, 0.1) is 5.92 Å². The quantitative estimate of drug-likeness (QED) is 0.810. The van der Waals surface area contributed by atoms with E-state index < -0.39 is 0 Å². The molecule has 0 spiro atoms. The third-order valence-electron chi connectivity index (χ3n) is 4.16. The third kappa shape index (κ3) is 4.37. The molecule has 122 valence electrons. The average Bonchev–Trinajstić information content (AvgIpc) is 2.59. The van der Waals surface area contributed by atoms with Gasteiger partial charge in [0.05, 0.1) is 14.2 Å². The van der Waals surface area contributed by atoms with Crippen molar-refractivity contribution in [1.29, 1.82) is 0 Å². The lowest BCUT2D eigenvalue weighted by molar-refractivity contribution is 0.0583. The summed E-state index contributed by atoms with van der Waals surface area (Å²) >= 11 is 0. The summed E-state index contributed by atoms with van der Waals surface area (Å²) in [5.74, 6) is 1.90. The number of ether oxygens (including phenoxy) is 3. The van der Waals surface area contributed by atoms with E-state index in [2.05, 4.69) is 0 Å². The summed E-state index contributed by atoms with van der Waals surface area (Å²) in [5.41, 5.74) is 0.589. The van der Waals surface area contributed by atoms with Crippen molar-refractivity contribution in [2.24, 2.45) is 5.92 Å². The van der Waals surface area contributed by atoms with Gasteiger partial charge in [0.1, 0.15) is 11.5 Å². The van der Waals surface area contributed by atoms with E-state index in [-0.39, 0.29) is 5.91 Å². The first-order valence-corrected chi connectivity index (χ1v) is 7.70. The molecule has 0 aromatic heterocycles. The number of nitrogens with zero attached hydrogens (tertiary/aromatic N) is 1. The van der Waals surface area contributed by atoms with Crippen molar-refractivity contribution in [2.75, 3.05) is 41.0 Å². The smallest absolute Gasteiger partial charge is 0.253 e. The first-order chi connectivity index (χ1) is 10.6. The molecule has 0 unspecified atom stereocenters. The Morgan fingerprint density at radius 2 is 1.77 bits per heavy atom. The van der Waals surface area contributed by atoms with Crippen molar-refractivity contribution in [3.05, 3.63) is 23.8 Å². The van der Waals surface area contributed by atoms with Crippen LogP contribution in [-0.4, -0.2) is 51.8 Å². The first kappa shape index (κ1) is 16.6. The molecule has 0 radical (unpaired) electrons. The second-order valence-corrected chi connectivity index (χ2v) is 5.67. The van der Waals surface area contributed by atoms with Gasteiger partial charge in [-0.1, -0.05) is 0 Å². The molecule has 1 heterocycles. The highest BCUT2D eigenvalue weighted by Crippen LogP contribution is 2.24. The molecular weight excluding hydrogens is 282 g/mol. The standard InChI is InChI=1S/C17H25NO4/c1-18(7-4-13-5-8-22-9-6-13)17(19)14-10-15(20-2)12-16(11-14)21-3/h10-13H,4-9H2,1-3H3. The van der Waals surface area contributed by atoms with Gasteiger partial charge >= 0.3 is 0 Å². The Labute approximate surface area is 132 Å². The minimum Gasteiger partial charge on any atom is -0.497 e. The normalized spacial score (nSPS) is 15.4. The van der Waals surface area contributed by atoms with Crippen molar-refractivity contribution in [3.63, 3.8) is 0 Å². The third-order valence-corrected chi connectivity index (χ3v) is 4.16. The second kappa shape index (κ2) is 8.03. The number of carbonyl (C=O) groups is 1. The Morgan fingerprint density at radius 3 is 2.32 bits per heavy atom.